The number of rotatable bonds is 7. The van der Waals surface area contributed by atoms with Crippen molar-refractivity contribution in [2.75, 3.05) is 63.6 Å². The maximum atomic E-state index is 13.9. The van der Waals surface area contributed by atoms with Gasteiger partial charge in [-0.05, 0) is 37.5 Å². The number of fused-ring (bicyclic) bond motifs is 4. The number of carbonyl (C=O) groups excluding carboxylic acids is 7. The van der Waals surface area contributed by atoms with E-state index in [9.17, 15) is 38.1 Å². The highest BCUT2D eigenvalue weighted by molar-refractivity contribution is 8.17. The van der Waals surface area contributed by atoms with E-state index in [-0.39, 0.29) is 118 Å². The molecule has 0 aromatic heterocycles. The minimum Gasteiger partial charge on any atom is -0.355 e. The van der Waals surface area contributed by atoms with E-state index in [1.807, 2.05) is 0 Å². The second-order valence-corrected chi connectivity index (χ2v) is 18.0. The van der Waals surface area contributed by atoms with Gasteiger partial charge in [0.05, 0.1) is 16.2 Å². The number of hydrogen-bond donors (Lipinski definition) is 6. The van der Waals surface area contributed by atoms with Crippen molar-refractivity contribution in [1.82, 2.24) is 41.4 Å². The van der Waals surface area contributed by atoms with Crippen LogP contribution in [-0.2, 0) is 33.3 Å². The lowest BCUT2D eigenvalue weighted by atomic mass is 10.1. The van der Waals surface area contributed by atoms with E-state index < -0.39 is 12.7 Å². The molecule has 20 heteroatoms. The van der Waals surface area contributed by atoms with Crippen molar-refractivity contribution in [2.45, 2.75) is 56.5 Å². The Kier molecular flexibility index (Phi) is 16.3. The standard InChI is InChI=1S/C33H48N9O8PS2/c1-22(39-40-23(2)43)24-4-6-25(7-5-24)31(47)36-11-3-19-51(50)37-14-12-34-28(44)9-17-41-16-8-26(32(41)48)52-21-53-27-20-30(46)42(33(27)49)18-10-29(45)35-13-15-38-51/h4-7,26-27H,3,8-21H2,1-2H3,(H,34,44)(H,35,45)(H,36,47)(H,40,43)(H2,37,38,50)/b39-22+. The summed E-state index contributed by atoms with van der Waals surface area (Å²) >= 11 is 2.76. The molecule has 3 unspecified atom stereocenters. The molecule has 1 aromatic rings. The minimum atomic E-state index is -3.26. The van der Waals surface area contributed by atoms with E-state index in [0.29, 0.717) is 35.7 Å². The highest BCUT2D eigenvalue weighted by Crippen LogP contribution is 2.36. The van der Waals surface area contributed by atoms with Gasteiger partial charge in [0.25, 0.3) is 5.91 Å². The average Bonchev–Trinajstić information content (AvgIpc) is 3.62. The quantitative estimate of drug-likeness (QED) is 0.0717. The summed E-state index contributed by atoms with van der Waals surface area (Å²) in [6.07, 6.45) is 1.23. The molecule has 0 spiro atoms. The summed E-state index contributed by atoms with van der Waals surface area (Å²) in [5.41, 5.74) is 4.11. The van der Waals surface area contributed by atoms with E-state index >= 15 is 0 Å². The van der Waals surface area contributed by atoms with Crippen LogP contribution >= 0.6 is 31.0 Å². The van der Waals surface area contributed by atoms with Crippen LogP contribution < -0.4 is 31.6 Å². The Labute approximate surface area is 317 Å². The maximum absolute atomic E-state index is 13.9. The molecule has 3 fully saturated rings. The Balaban J connectivity index is 1.30. The Hall–Kier alpha value is -3.77. The van der Waals surface area contributed by atoms with Gasteiger partial charge in [0, 0.05) is 95.4 Å². The number of hydrazone groups is 1. The molecule has 0 aliphatic carbocycles. The van der Waals surface area contributed by atoms with E-state index in [4.69, 9.17) is 0 Å². The molecule has 4 rings (SSSR count). The molecule has 7 amide bonds. The summed E-state index contributed by atoms with van der Waals surface area (Å²) in [4.78, 5) is 90.1. The first kappa shape index (κ1) is 42.0. The molecule has 3 saturated heterocycles. The molecule has 3 aliphatic heterocycles. The topological polar surface area (TPSA) is 228 Å². The van der Waals surface area contributed by atoms with Crippen LogP contribution in [0.4, 0.5) is 0 Å². The van der Waals surface area contributed by atoms with Gasteiger partial charge in [0.15, 0.2) is 0 Å². The minimum absolute atomic E-state index is 0.0364. The third-order valence-corrected chi connectivity index (χ3v) is 13.8. The van der Waals surface area contributed by atoms with Crippen molar-refractivity contribution in [3.05, 3.63) is 35.4 Å². The molecular formula is C33H48N9O8PS2. The second kappa shape index (κ2) is 20.6. The zero-order chi connectivity index (χ0) is 38.4. The fourth-order valence-electron chi connectivity index (χ4n) is 5.72. The Morgan fingerprint density at radius 1 is 0.849 bits per heavy atom. The van der Waals surface area contributed by atoms with Gasteiger partial charge in [-0.15, -0.1) is 23.5 Å². The molecule has 6 N–H and O–H groups in total. The zero-order valence-corrected chi connectivity index (χ0v) is 32.5. The van der Waals surface area contributed by atoms with Gasteiger partial charge in [-0.2, -0.15) is 5.10 Å². The van der Waals surface area contributed by atoms with Crippen molar-refractivity contribution < 1.29 is 38.1 Å². The molecule has 3 atom stereocenters. The fraction of sp³-hybridized carbons (Fsp3) is 0.576. The molecule has 0 radical (unpaired) electrons. The first-order chi connectivity index (χ1) is 25.3. The number of amides is 7. The van der Waals surface area contributed by atoms with Gasteiger partial charge >= 0.3 is 0 Å². The summed E-state index contributed by atoms with van der Waals surface area (Å²) in [7, 11) is -3.26. The van der Waals surface area contributed by atoms with Crippen LogP contribution in [0.5, 0.6) is 0 Å². The lowest BCUT2D eigenvalue weighted by Crippen LogP contribution is -2.39. The molecule has 1 aromatic carbocycles. The van der Waals surface area contributed by atoms with E-state index in [0.717, 1.165) is 10.5 Å². The molecular weight excluding hydrogens is 746 g/mol. The number of nitrogens with zero attached hydrogens (tertiary/aromatic N) is 3. The smallest absolute Gasteiger partial charge is 0.251 e. The van der Waals surface area contributed by atoms with Gasteiger partial charge in [-0.1, -0.05) is 12.1 Å². The highest BCUT2D eigenvalue weighted by Gasteiger charge is 2.39. The molecule has 290 valence electrons. The fourth-order valence-corrected chi connectivity index (χ4v) is 10.4. The number of benzene rings is 1. The predicted molar refractivity (Wildman–Crippen MR) is 203 cm³/mol. The van der Waals surface area contributed by atoms with E-state index in [2.05, 4.69) is 36.7 Å². The number of hydrogen-bond acceptors (Lipinski definition) is 11. The van der Waals surface area contributed by atoms with Crippen molar-refractivity contribution in [1.29, 1.82) is 0 Å². The normalized spacial score (nSPS) is 24.6. The summed E-state index contributed by atoms with van der Waals surface area (Å²) in [5.74, 6) is -1.94. The van der Waals surface area contributed by atoms with Crippen LogP contribution in [0.15, 0.2) is 29.4 Å². The Bertz CT molecular complexity index is 1610. The molecule has 3 aliphatic rings. The van der Waals surface area contributed by atoms with Crippen molar-refractivity contribution >= 4 is 78.0 Å². The Morgan fingerprint density at radius 2 is 1.47 bits per heavy atom. The van der Waals surface area contributed by atoms with E-state index in [1.165, 1.54) is 30.4 Å². The summed E-state index contributed by atoms with van der Waals surface area (Å²) in [6, 6.07) is 6.72. The first-order valence-electron chi connectivity index (χ1n) is 17.5. The third kappa shape index (κ3) is 13.2. The van der Waals surface area contributed by atoms with Crippen LogP contribution in [0.2, 0.25) is 0 Å². The lowest BCUT2D eigenvalue weighted by Gasteiger charge is -2.22. The number of nitrogens with one attached hydrogen (secondary N) is 6. The summed E-state index contributed by atoms with van der Waals surface area (Å²) in [5, 5.41) is 18.0. The van der Waals surface area contributed by atoms with Crippen LogP contribution in [0, 0.1) is 0 Å². The largest absolute Gasteiger partial charge is 0.355 e. The average molecular weight is 794 g/mol. The van der Waals surface area contributed by atoms with Crippen molar-refractivity contribution in [3.8, 4) is 0 Å². The maximum Gasteiger partial charge on any atom is 0.251 e. The molecule has 53 heavy (non-hydrogen) atoms. The van der Waals surface area contributed by atoms with Crippen LogP contribution in [-0.4, -0.2) is 131 Å². The zero-order valence-electron chi connectivity index (χ0n) is 29.9. The molecule has 4 bridgehead atoms. The monoisotopic (exact) mass is 793 g/mol. The van der Waals surface area contributed by atoms with Gasteiger partial charge < -0.3 is 20.9 Å². The first-order valence-corrected chi connectivity index (χ1v) is 21.5. The highest BCUT2D eigenvalue weighted by atomic mass is 32.2. The van der Waals surface area contributed by atoms with Gasteiger partial charge in [0.2, 0.25) is 42.9 Å². The molecule has 17 nitrogen and oxygen atoms in total. The van der Waals surface area contributed by atoms with Crippen LogP contribution in [0.25, 0.3) is 0 Å². The molecule has 3 heterocycles. The predicted octanol–water partition coefficient (Wildman–Crippen LogP) is 0.217. The third-order valence-electron chi connectivity index (χ3n) is 8.67. The number of imide groups is 1. The van der Waals surface area contributed by atoms with Crippen molar-refractivity contribution in [3.63, 3.8) is 0 Å². The lowest BCUT2D eigenvalue weighted by molar-refractivity contribution is -0.138. The van der Waals surface area contributed by atoms with Crippen molar-refractivity contribution in [2.24, 2.45) is 5.10 Å². The number of carbonyl (C=O) groups is 7. The summed E-state index contributed by atoms with van der Waals surface area (Å²) in [6.45, 7) is 4.75. The van der Waals surface area contributed by atoms with E-state index in [1.54, 1.807) is 36.1 Å². The molecule has 0 saturated carbocycles. The SMILES string of the molecule is CC(=O)N/N=C(\C)c1ccc(C(=O)NCCCP2(=O)NCCNC(=O)CCN3CCC(SCSC4CC(=O)N(CCC(=O)NCCN2)C4=O)C3=O)cc1. The van der Waals surface area contributed by atoms with Gasteiger partial charge in [-0.25, -0.2) is 5.43 Å². The van der Waals surface area contributed by atoms with Crippen LogP contribution in [0.3, 0.4) is 0 Å². The second-order valence-electron chi connectivity index (χ2n) is 12.7. The van der Waals surface area contributed by atoms with Crippen LogP contribution in [0.1, 0.15) is 61.9 Å². The number of thioether (sulfide) groups is 2. The summed E-state index contributed by atoms with van der Waals surface area (Å²) < 4.78 is 13.9. The van der Waals surface area contributed by atoms with Gasteiger partial charge in [0.1, 0.15) is 0 Å². The Morgan fingerprint density at radius 3 is 2.13 bits per heavy atom. The van der Waals surface area contributed by atoms with Gasteiger partial charge in [-0.3, -0.25) is 53.2 Å².